The van der Waals surface area contributed by atoms with Crippen LogP contribution in [0.3, 0.4) is 0 Å². The molecule has 4 heterocycles. The van der Waals surface area contributed by atoms with Crippen LogP contribution in [0.15, 0.2) is 0 Å². The Morgan fingerprint density at radius 2 is 1.15 bits per heavy atom. The molecule has 0 bridgehead atoms. The molecule has 0 saturated carbocycles. The Balaban J connectivity index is 1.47. The first-order valence-corrected chi connectivity index (χ1v) is 23.0. The maximum Gasteiger partial charge on any atom is 0.116 e. The summed E-state index contributed by atoms with van der Waals surface area (Å²) in [6.07, 6.45) is 0. The quantitative estimate of drug-likeness (QED) is 0.281. The molecule has 4 aliphatic rings. The molecule has 1 spiro atoms. The molecule has 0 aromatic carbocycles. The molecule has 11 heteroatoms. The van der Waals surface area contributed by atoms with E-state index in [1.165, 1.54) is 51.8 Å². The molecule has 4 fully saturated rings. The highest BCUT2D eigenvalue weighted by atomic mass is 32.3. The van der Waals surface area contributed by atoms with Gasteiger partial charge in [-0.25, -0.2) is 0 Å². The monoisotopic (exact) mass is 654 g/mol. The van der Waals surface area contributed by atoms with Crippen molar-refractivity contribution in [2.24, 2.45) is 0 Å². The third-order valence-corrected chi connectivity index (χ3v) is 25.6. The van der Waals surface area contributed by atoms with Crippen molar-refractivity contribution in [1.82, 2.24) is 0 Å². The molecule has 33 heavy (non-hydrogen) atoms. The van der Waals surface area contributed by atoms with Crippen molar-refractivity contribution in [1.29, 1.82) is 0 Å². The summed E-state index contributed by atoms with van der Waals surface area (Å²) in [5, 5.41) is 4.81. The third kappa shape index (κ3) is 9.47. The lowest BCUT2D eigenvalue weighted by molar-refractivity contribution is 1.04. The van der Waals surface area contributed by atoms with Crippen LogP contribution in [0.2, 0.25) is 0 Å². The Kier molecular flexibility index (Phi) is 13.6. The smallest absolute Gasteiger partial charge is 0.116 e. The predicted octanol–water partition coefficient (Wildman–Crippen LogP) is 8.70. The number of hydrogen-bond acceptors (Lipinski definition) is 11. The molecule has 192 valence electrons. The molecule has 0 nitrogen and oxygen atoms in total. The van der Waals surface area contributed by atoms with Gasteiger partial charge in [-0.05, 0) is 0 Å². The Hall–Kier alpha value is 3.85. The normalized spacial score (nSPS) is 46.9. The molecule has 4 rings (SSSR count). The lowest BCUT2D eigenvalue weighted by Crippen LogP contribution is -2.28. The lowest BCUT2D eigenvalue weighted by atomic mass is 10.5. The molecule has 4 aliphatic heterocycles. The summed E-state index contributed by atoms with van der Waals surface area (Å²) in [4.78, 5) is 0. The summed E-state index contributed by atoms with van der Waals surface area (Å²) in [7, 11) is 0. The van der Waals surface area contributed by atoms with Gasteiger partial charge in [0, 0.05) is 83.3 Å². The summed E-state index contributed by atoms with van der Waals surface area (Å²) in [6, 6.07) is 0. The lowest BCUT2D eigenvalue weighted by Gasteiger charge is -2.31. The first-order valence-electron chi connectivity index (χ1n) is 11.8. The van der Waals surface area contributed by atoms with Crippen LogP contribution in [0.4, 0.5) is 0 Å². The average Bonchev–Trinajstić information content (AvgIpc) is 3.50. The minimum Gasteiger partial charge on any atom is -0.160 e. The fourth-order valence-electron chi connectivity index (χ4n) is 3.97. The Bertz CT molecular complexity index is 595. The molecule has 0 amide bonds. The third-order valence-electron chi connectivity index (χ3n) is 5.61. The summed E-state index contributed by atoms with van der Waals surface area (Å²) in [6.45, 7) is 9.79. The minimum atomic E-state index is 0.387. The van der Waals surface area contributed by atoms with Gasteiger partial charge in [0.2, 0.25) is 0 Å². The van der Waals surface area contributed by atoms with Crippen LogP contribution in [0.5, 0.6) is 0 Å². The van der Waals surface area contributed by atoms with Crippen molar-refractivity contribution >= 4 is 129 Å². The molecular weight excluding hydrogens is 617 g/mol. The van der Waals surface area contributed by atoms with Gasteiger partial charge in [-0.3, -0.25) is 0 Å². The zero-order valence-electron chi connectivity index (χ0n) is 20.0. The topological polar surface area (TPSA) is 0 Å². The van der Waals surface area contributed by atoms with Crippen molar-refractivity contribution in [3.05, 3.63) is 0 Å². The highest BCUT2D eigenvalue weighted by Crippen LogP contribution is 2.57. The molecule has 0 aromatic heterocycles. The van der Waals surface area contributed by atoms with E-state index in [1.807, 2.05) is 0 Å². The van der Waals surface area contributed by atoms with Gasteiger partial charge in [0.25, 0.3) is 0 Å². The van der Waals surface area contributed by atoms with Crippen LogP contribution in [0.1, 0.15) is 27.7 Å². The maximum absolute atomic E-state index is 2.46. The van der Waals surface area contributed by atoms with Crippen molar-refractivity contribution in [2.75, 3.05) is 51.8 Å². The molecule has 9 atom stereocenters. The summed E-state index contributed by atoms with van der Waals surface area (Å²) < 4.78 is 1.97. The SMILES string of the molecule is CC1CSC2(CSCC(C3SCC(C)S3)SC(C3SCC(C)S3)CSCCS1)SCC(C)S2. The van der Waals surface area contributed by atoms with Crippen LogP contribution in [-0.4, -0.2) is 95.9 Å². The van der Waals surface area contributed by atoms with E-state index in [0.717, 1.165) is 40.7 Å². The van der Waals surface area contributed by atoms with E-state index in [0.29, 0.717) is 3.41 Å². The van der Waals surface area contributed by atoms with Gasteiger partial charge in [0.15, 0.2) is 0 Å². The van der Waals surface area contributed by atoms with E-state index in [-0.39, 0.29) is 0 Å². The largest absolute Gasteiger partial charge is 0.160 e. The van der Waals surface area contributed by atoms with Crippen molar-refractivity contribution in [3.63, 3.8) is 0 Å². The molecule has 9 unspecified atom stereocenters. The van der Waals surface area contributed by atoms with Gasteiger partial charge < -0.3 is 0 Å². The molecule has 0 radical (unpaired) electrons. The average molecular weight is 655 g/mol. The second kappa shape index (κ2) is 15.0. The van der Waals surface area contributed by atoms with Gasteiger partial charge >= 0.3 is 0 Å². The van der Waals surface area contributed by atoms with E-state index < -0.39 is 0 Å². The fraction of sp³-hybridized carbons (Fsp3) is 1.00. The van der Waals surface area contributed by atoms with Gasteiger partial charge in [-0.2, -0.15) is 35.3 Å². The van der Waals surface area contributed by atoms with E-state index >= 15 is 0 Å². The molecular formula is C22H38S11. The molecule has 0 N–H and O–H groups in total. The highest BCUT2D eigenvalue weighted by molar-refractivity contribution is 8.36. The van der Waals surface area contributed by atoms with Crippen LogP contribution >= 0.6 is 129 Å². The molecule has 4 saturated heterocycles. The second-order valence-corrected chi connectivity index (χ2v) is 25.5. The van der Waals surface area contributed by atoms with Gasteiger partial charge in [-0.15, -0.1) is 94.1 Å². The van der Waals surface area contributed by atoms with Gasteiger partial charge in [-0.1, -0.05) is 27.7 Å². The second-order valence-electron chi connectivity index (χ2n) is 9.01. The van der Waals surface area contributed by atoms with E-state index in [9.17, 15) is 0 Å². The first kappa shape index (κ1) is 29.8. The highest BCUT2D eigenvalue weighted by Gasteiger charge is 2.41. The fourth-order valence-corrected chi connectivity index (χ4v) is 24.0. The van der Waals surface area contributed by atoms with Crippen LogP contribution < -0.4 is 0 Å². The maximum atomic E-state index is 2.46. The number of hydrogen-bond donors (Lipinski definition) is 0. The number of rotatable bonds is 2. The standard InChI is InChI=1S/C22H38S11/c1-14-9-28-22(29-10-17(4)33-22)13-24-12-19(21-27-8-16(3)31-21)32-18(11-23-5-6-25-14)20-26-7-15(2)30-20/h14-21H,5-13H2,1-4H3. The Morgan fingerprint density at radius 3 is 1.70 bits per heavy atom. The summed E-state index contributed by atoms with van der Waals surface area (Å²) >= 11 is 25.0. The van der Waals surface area contributed by atoms with E-state index in [4.69, 9.17) is 0 Å². The molecule has 0 aromatic rings. The van der Waals surface area contributed by atoms with Crippen LogP contribution in [0.25, 0.3) is 0 Å². The van der Waals surface area contributed by atoms with Crippen molar-refractivity contribution < 1.29 is 0 Å². The van der Waals surface area contributed by atoms with E-state index in [2.05, 4.69) is 157 Å². The van der Waals surface area contributed by atoms with Crippen LogP contribution in [0, 0.1) is 0 Å². The van der Waals surface area contributed by atoms with Gasteiger partial charge in [0.1, 0.15) is 3.41 Å². The minimum absolute atomic E-state index is 0.387. The van der Waals surface area contributed by atoms with E-state index in [1.54, 1.807) is 0 Å². The summed E-state index contributed by atoms with van der Waals surface area (Å²) in [5.41, 5.74) is 0. The zero-order valence-corrected chi connectivity index (χ0v) is 29.0. The van der Waals surface area contributed by atoms with Crippen molar-refractivity contribution in [3.8, 4) is 0 Å². The van der Waals surface area contributed by atoms with Crippen molar-refractivity contribution in [2.45, 2.75) is 71.8 Å². The van der Waals surface area contributed by atoms with Gasteiger partial charge in [0.05, 0.1) is 9.16 Å². The van der Waals surface area contributed by atoms with Crippen LogP contribution in [-0.2, 0) is 0 Å². The Morgan fingerprint density at radius 1 is 0.545 bits per heavy atom. The summed E-state index contributed by atoms with van der Waals surface area (Å²) in [5.74, 6) is 12.0. The Labute approximate surface area is 250 Å². The number of thioether (sulfide) groups is 11. The zero-order chi connectivity index (χ0) is 23.3. The predicted molar refractivity (Wildman–Crippen MR) is 183 cm³/mol. The first-order chi connectivity index (χ1) is 15.9. The molecule has 0 aliphatic carbocycles.